The number of carbonyl (C=O) groups excluding carboxylic acids is 1. The SMILES string of the molecule is COc1cc(N2CCN(C3COC3)CC2)ccc1Nc1nccc(-c2ccc(OC3CCN(C(=O)[C@H](C)O)CC3(F)F)c(C#N)c2)n1. The fraction of sp³-hybridized carbons (Fsp3) is 0.455. The second kappa shape index (κ2) is 13.6. The van der Waals surface area contributed by atoms with Crippen LogP contribution in [0.15, 0.2) is 48.7 Å². The van der Waals surface area contributed by atoms with Gasteiger partial charge in [0.15, 0.2) is 6.10 Å². The molecule has 3 aromatic rings. The van der Waals surface area contributed by atoms with Gasteiger partial charge in [0.1, 0.15) is 23.7 Å². The summed E-state index contributed by atoms with van der Waals surface area (Å²) in [5.41, 5.74) is 2.88. The number of piperidine rings is 1. The largest absolute Gasteiger partial charge is 0.494 e. The Bertz CT molecular complexity index is 1640. The lowest BCUT2D eigenvalue weighted by atomic mass is 10.0. The summed E-state index contributed by atoms with van der Waals surface area (Å²) in [5.74, 6) is -3.18. The number of anilines is 3. The van der Waals surface area contributed by atoms with Crippen molar-refractivity contribution in [3.05, 3.63) is 54.2 Å². The molecule has 248 valence electrons. The van der Waals surface area contributed by atoms with Crippen LogP contribution in [0.1, 0.15) is 18.9 Å². The summed E-state index contributed by atoms with van der Waals surface area (Å²) in [6, 6.07) is 14.8. The fourth-order valence-corrected chi connectivity index (χ4v) is 6.01. The smallest absolute Gasteiger partial charge is 0.301 e. The van der Waals surface area contributed by atoms with Crippen molar-refractivity contribution in [3.8, 4) is 28.8 Å². The van der Waals surface area contributed by atoms with Gasteiger partial charge in [-0.3, -0.25) is 9.69 Å². The van der Waals surface area contributed by atoms with E-state index in [9.17, 15) is 23.9 Å². The monoisotopic (exact) mass is 649 g/mol. The fourth-order valence-electron chi connectivity index (χ4n) is 6.01. The zero-order chi connectivity index (χ0) is 33.1. The van der Waals surface area contributed by atoms with Crippen LogP contribution in [0.5, 0.6) is 11.5 Å². The van der Waals surface area contributed by atoms with Crippen molar-refractivity contribution in [3.63, 3.8) is 0 Å². The van der Waals surface area contributed by atoms with E-state index in [0.717, 1.165) is 50.0 Å². The van der Waals surface area contributed by atoms with Crippen molar-refractivity contribution < 1.29 is 32.9 Å². The zero-order valence-electron chi connectivity index (χ0n) is 26.2. The molecule has 2 N–H and O–H groups in total. The number of alkyl halides is 2. The molecule has 47 heavy (non-hydrogen) atoms. The van der Waals surface area contributed by atoms with Crippen molar-refractivity contribution in [2.24, 2.45) is 0 Å². The minimum atomic E-state index is -3.37. The topological polar surface area (TPSA) is 136 Å². The first-order valence-electron chi connectivity index (χ1n) is 15.6. The van der Waals surface area contributed by atoms with Gasteiger partial charge in [-0.05, 0) is 43.3 Å². The van der Waals surface area contributed by atoms with Crippen LogP contribution >= 0.6 is 0 Å². The first kappa shape index (κ1) is 32.4. The van der Waals surface area contributed by atoms with Crippen LogP contribution in [0.2, 0.25) is 0 Å². The molecular formula is C33H37F2N7O5. The van der Waals surface area contributed by atoms with Gasteiger partial charge < -0.3 is 34.4 Å². The molecule has 0 radical (unpaired) electrons. The van der Waals surface area contributed by atoms with Gasteiger partial charge in [0.05, 0.1) is 49.9 Å². The van der Waals surface area contributed by atoms with E-state index in [1.807, 2.05) is 24.3 Å². The number of methoxy groups -OCH3 is 1. The van der Waals surface area contributed by atoms with E-state index in [1.165, 1.54) is 19.1 Å². The molecule has 0 saturated carbocycles. The first-order chi connectivity index (χ1) is 22.6. The van der Waals surface area contributed by atoms with E-state index in [2.05, 4.69) is 25.1 Å². The van der Waals surface area contributed by atoms with Crippen molar-refractivity contribution >= 4 is 23.2 Å². The van der Waals surface area contributed by atoms with Crippen LogP contribution in [-0.2, 0) is 9.53 Å². The maximum Gasteiger partial charge on any atom is 0.301 e. The number of hydrogen-bond donors (Lipinski definition) is 2. The highest BCUT2D eigenvalue weighted by Crippen LogP contribution is 2.35. The average molecular weight is 650 g/mol. The van der Waals surface area contributed by atoms with Crippen LogP contribution in [0.3, 0.4) is 0 Å². The first-order valence-corrected chi connectivity index (χ1v) is 15.6. The van der Waals surface area contributed by atoms with Crippen LogP contribution in [0, 0.1) is 11.3 Å². The molecule has 4 heterocycles. The molecule has 0 bridgehead atoms. The Labute approximate surface area is 271 Å². The molecule has 1 unspecified atom stereocenters. The number of piperazine rings is 1. The molecular weight excluding hydrogens is 612 g/mol. The number of aliphatic hydroxyl groups excluding tert-OH is 1. The van der Waals surface area contributed by atoms with Gasteiger partial charge in [-0.2, -0.15) is 5.26 Å². The highest BCUT2D eigenvalue weighted by molar-refractivity contribution is 5.80. The number of carbonyl (C=O) groups is 1. The molecule has 3 aliphatic rings. The Morgan fingerprint density at radius 1 is 1.13 bits per heavy atom. The van der Waals surface area contributed by atoms with Crippen molar-refractivity contribution in [1.29, 1.82) is 5.26 Å². The number of benzene rings is 2. The number of likely N-dealkylation sites (tertiary alicyclic amines) is 1. The average Bonchev–Trinajstić information content (AvgIpc) is 3.05. The number of aliphatic hydroxyl groups is 1. The van der Waals surface area contributed by atoms with Gasteiger partial charge in [0, 0.05) is 62.7 Å². The van der Waals surface area contributed by atoms with Crippen LogP contribution in [0.4, 0.5) is 26.1 Å². The summed E-state index contributed by atoms with van der Waals surface area (Å²) in [4.78, 5) is 26.7. The molecule has 12 nitrogen and oxygen atoms in total. The number of rotatable bonds is 9. The molecule has 2 atom stereocenters. The number of ether oxygens (including phenoxy) is 3. The lowest BCUT2D eigenvalue weighted by Gasteiger charge is -2.43. The van der Waals surface area contributed by atoms with Crippen molar-refractivity contribution in [2.45, 2.75) is 37.5 Å². The van der Waals surface area contributed by atoms with E-state index >= 15 is 0 Å². The molecule has 1 amide bonds. The highest BCUT2D eigenvalue weighted by atomic mass is 19.3. The molecule has 3 fully saturated rings. The molecule has 3 saturated heterocycles. The van der Waals surface area contributed by atoms with E-state index in [0.29, 0.717) is 34.7 Å². The Kier molecular flexibility index (Phi) is 9.40. The second-order valence-electron chi connectivity index (χ2n) is 11.9. The van der Waals surface area contributed by atoms with E-state index in [4.69, 9.17) is 14.2 Å². The number of hydrogen-bond acceptors (Lipinski definition) is 11. The van der Waals surface area contributed by atoms with Gasteiger partial charge in [-0.15, -0.1) is 0 Å². The molecule has 14 heteroatoms. The zero-order valence-corrected chi connectivity index (χ0v) is 26.2. The van der Waals surface area contributed by atoms with Gasteiger partial charge >= 0.3 is 5.92 Å². The number of nitrogens with one attached hydrogen (secondary N) is 1. The molecule has 3 aliphatic heterocycles. The van der Waals surface area contributed by atoms with Gasteiger partial charge in [-0.1, -0.05) is 0 Å². The van der Waals surface area contributed by atoms with Gasteiger partial charge in [0.2, 0.25) is 5.95 Å². The minimum absolute atomic E-state index is 0.00174. The minimum Gasteiger partial charge on any atom is -0.494 e. The quantitative estimate of drug-likeness (QED) is 0.354. The summed E-state index contributed by atoms with van der Waals surface area (Å²) in [6.45, 7) is 5.79. The Balaban J connectivity index is 1.13. The van der Waals surface area contributed by atoms with Crippen LogP contribution in [-0.4, -0.2) is 115 Å². The standard InChI is InChI=1S/C33H37F2N7O5/c1-21(43)31(44)42-10-8-30(33(34,35)20-42)47-28-6-3-22(15-23(28)17-36)26-7-9-37-32(38-26)39-27-5-4-24(16-29(27)45-2)40-11-13-41(14-12-40)25-18-46-19-25/h3-7,9,15-16,21,25,30,43H,8,10-14,18-20H2,1-2H3,(H,37,38,39)/t21-,30?/m0/s1. The number of amides is 1. The molecule has 1 aromatic heterocycles. The third-order valence-corrected chi connectivity index (χ3v) is 8.77. The number of nitriles is 1. The number of aromatic nitrogens is 2. The van der Waals surface area contributed by atoms with Crippen LogP contribution < -0.4 is 19.7 Å². The summed E-state index contributed by atoms with van der Waals surface area (Å²) >= 11 is 0. The number of halogens is 2. The Morgan fingerprint density at radius 3 is 2.57 bits per heavy atom. The molecule has 0 spiro atoms. The van der Waals surface area contributed by atoms with E-state index in [-0.39, 0.29) is 24.3 Å². The Morgan fingerprint density at radius 2 is 1.91 bits per heavy atom. The predicted octanol–water partition coefficient (Wildman–Crippen LogP) is 3.28. The molecule has 2 aromatic carbocycles. The maximum absolute atomic E-state index is 14.9. The normalized spacial score (nSPS) is 20.6. The van der Waals surface area contributed by atoms with Crippen molar-refractivity contribution in [2.75, 3.05) is 69.8 Å². The summed E-state index contributed by atoms with van der Waals surface area (Å²) in [6.07, 6.45) is -1.49. The Hall–Kier alpha value is -4.58. The third-order valence-electron chi connectivity index (χ3n) is 8.77. The lowest BCUT2D eigenvalue weighted by Crippen LogP contribution is -2.56. The van der Waals surface area contributed by atoms with Gasteiger partial charge in [0.25, 0.3) is 5.91 Å². The second-order valence-corrected chi connectivity index (χ2v) is 11.9. The molecule has 6 rings (SSSR count). The molecule has 0 aliphatic carbocycles. The summed E-state index contributed by atoms with van der Waals surface area (Å²) in [5, 5.41) is 22.6. The maximum atomic E-state index is 14.9. The summed E-state index contributed by atoms with van der Waals surface area (Å²) < 4.78 is 46.5. The van der Waals surface area contributed by atoms with Crippen LogP contribution in [0.25, 0.3) is 11.3 Å². The van der Waals surface area contributed by atoms with Crippen molar-refractivity contribution in [1.82, 2.24) is 19.8 Å². The highest BCUT2D eigenvalue weighted by Gasteiger charge is 2.48. The lowest BCUT2D eigenvalue weighted by molar-refractivity contribution is -0.165. The predicted molar refractivity (Wildman–Crippen MR) is 169 cm³/mol. The van der Waals surface area contributed by atoms with E-state index in [1.54, 1.807) is 25.4 Å². The van der Waals surface area contributed by atoms with E-state index < -0.39 is 30.6 Å². The summed E-state index contributed by atoms with van der Waals surface area (Å²) in [7, 11) is 1.61. The van der Waals surface area contributed by atoms with Gasteiger partial charge in [-0.25, -0.2) is 18.7 Å². The third kappa shape index (κ3) is 7.07. The number of nitrogens with zero attached hydrogens (tertiary/aromatic N) is 6.